The second-order valence-corrected chi connectivity index (χ2v) is 20.5. The van der Waals surface area contributed by atoms with Gasteiger partial charge in [-0.15, -0.1) is 11.3 Å². The van der Waals surface area contributed by atoms with Gasteiger partial charge in [-0.05, 0) is 79.8 Å². The van der Waals surface area contributed by atoms with Crippen LogP contribution in [0.25, 0.3) is 33.4 Å². The van der Waals surface area contributed by atoms with E-state index >= 15 is 0 Å². The Hall–Kier alpha value is -5.52. The number of benzene rings is 2. The summed E-state index contributed by atoms with van der Waals surface area (Å²) in [6.07, 6.45) is 4.14. The molecule has 3 aromatic heterocycles. The molecule has 2 aromatic carbocycles. The minimum absolute atomic E-state index is 0.0379. The van der Waals surface area contributed by atoms with Crippen molar-refractivity contribution in [2.75, 3.05) is 53.7 Å². The Morgan fingerprint density at radius 1 is 1.07 bits per heavy atom. The van der Waals surface area contributed by atoms with E-state index in [1.54, 1.807) is 25.3 Å². The number of amides is 4. The molecule has 8 rings (SSSR count). The Morgan fingerprint density at radius 3 is 2.60 bits per heavy atom. The van der Waals surface area contributed by atoms with Crippen LogP contribution >= 0.6 is 11.3 Å². The first-order chi connectivity index (χ1) is 32.7. The van der Waals surface area contributed by atoms with E-state index in [1.807, 2.05) is 62.5 Å². The molecule has 5 aromatic rings. The Balaban J connectivity index is 1.17. The third-order valence-electron chi connectivity index (χ3n) is 13.7. The number of carbonyl (C=O) groups is 4. The van der Waals surface area contributed by atoms with Gasteiger partial charge in [-0.25, -0.2) is 15.2 Å². The molecule has 362 valence electrons. The minimum Gasteiger partial charge on any atom is -0.378 e. The van der Waals surface area contributed by atoms with Crippen molar-refractivity contribution in [1.82, 2.24) is 40.1 Å². The SMILES string of the molecule is CCn1c(-c2cccnc2[C@H](C)OC)c2c3cc(ccc31)-c1csc(n1)C[C@H](NC(=O)[C@H](C(C)C)N(C)C(=O)N1CCOC[C@@H]1c1ccccc1)C(=O)N1CCCC(C=O)(COCC(C)(C)C2)N1. The fourth-order valence-corrected chi connectivity index (χ4v) is 11.1. The van der Waals surface area contributed by atoms with Crippen molar-refractivity contribution in [1.29, 1.82) is 0 Å². The first-order valence-corrected chi connectivity index (χ1v) is 24.7. The molecule has 16 heteroatoms. The lowest BCUT2D eigenvalue weighted by Gasteiger charge is -2.42. The molecular formula is C52H66N8O7S. The number of ether oxygens (including phenoxy) is 3. The monoisotopic (exact) mass is 946 g/mol. The quantitative estimate of drug-likeness (QED) is 0.135. The number of morpholine rings is 1. The lowest BCUT2D eigenvalue weighted by molar-refractivity contribution is -0.147. The molecule has 2 fully saturated rings. The molecule has 6 heterocycles. The number of hydrogen-bond acceptors (Lipinski definition) is 11. The van der Waals surface area contributed by atoms with Crippen LogP contribution < -0.4 is 10.7 Å². The number of aryl methyl sites for hydroxylation is 1. The van der Waals surface area contributed by atoms with E-state index in [-0.39, 0.29) is 37.1 Å². The maximum atomic E-state index is 14.9. The van der Waals surface area contributed by atoms with Gasteiger partial charge in [-0.1, -0.05) is 64.1 Å². The second-order valence-electron chi connectivity index (χ2n) is 19.6. The number of carbonyl (C=O) groups excluding carboxylic acids is 4. The zero-order chi connectivity index (χ0) is 48.3. The predicted octanol–water partition coefficient (Wildman–Crippen LogP) is 7.39. The number of hydrogen-bond donors (Lipinski definition) is 2. The van der Waals surface area contributed by atoms with Gasteiger partial charge in [0.1, 0.15) is 23.9 Å². The van der Waals surface area contributed by atoms with Crippen LogP contribution in [0.3, 0.4) is 0 Å². The molecule has 15 nitrogen and oxygen atoms in total. The highest BCUT2D eigenvalue weighted by Gasteiger charge is 2.42. The van der Waals surface area contributed by atoms with Crippen molar-refractivity contribution in [2.45, 2.75) is 104 Å². The number of hydrazine groups is 1. The molecule has 3 aliphatic rings. The highest BCUT2D eigenvalue weighted by molar-refractivity contribution is 7.10. The second kappa shape index (κ2) is 20.6. The highest BCUT2D eigenvalue weighted by atomic mass is 32.1. The fraction of sp³-hybridized carbons (Fsp3) is 0.500. The summed E-state index contributed by atoms with van der Waals surface area (Å²) < 4.78 is 20.5. The lowest BCUT2D eigenvalue weighted by Crippen LogP contribution is -2.66. The summed E-state index contributed by atoms with van der Waals surface area (Å²) in [7, 11) is 3.34. The summed E-state index contributed by atoms with van der Waals surface area (Å²) in [4.78, 5) is 70.3. The Kier molecular flexibility index (Phi) is 14.8. The number of pyridine rings is 1. The number of urea groups is 1. The normalized spacial score (nSPS) is 22.1. The fourth-order valence-electron chi connectivity index (χ4n) is 10.2. The minimum atomic E-state index is -1.18. The van der Waals surface area contributed by atoms with Crippen molar-refractivity contribution in [2.24, 2.45) is 11.3 Å². The molecule has 5 atom stereocenters. The first-order valence-electron chi connectivity index (χ1n) is 23.9. The number of aldehydes is 1. The maximum Gasteiger partial charge on any atom is 0.321 e. The van der Waals surface area contributed by atoms with Crippen LogP contribution in [0.4, 0.5) is 4.79 Å². The van der Waals surface area contributed by atoms with Crippen LogP contribution in [0.15, 0.2) is 72.2 Å². The standard InChI is InChI=1S/C52H66N8O7S/c1-9-58-42-19-18-36-25-38(42)39(47(58)37-17-13-21-53-45(37)34(4)65-8)27-51(5,6)31-67-32-52(30-61)20-14-22-60(56-52)49(63)40(26-44-54-41(36)29-68-44)55-48(62)46(33(2)3)57(7)50(64)59-23-24-66-28-43(59)35-15-11-10-12-16-35/h10-13,15-19,21,25,29-30,33-34,40,43,46,56H,9,14,20,22-24,26-28,31-32H2,1-8H3,(H,55,62)/t34-,40-,43+,46-,52?/m0/s1. The number of rotatable bonds is 10. The molecule has 2 saturated heterocycles. The summed E-state index contributed by atoms with van der Waals surface area (Å²) in [5.74, 6) is -1.18. The van der Waals surface area contributed by atoms with Crippen molar-refractivity contribution in [3.8, 4) is 22.5 Å². The number of aromatic nitrogens is 3. The number of likely N-dealkylation sites (N-methyl/N-ethyl adjacent to an activating group) is 1. The third kappa shape index (κ3) is 9.97. The summed E-state index contributed by atoms with van der Waals surface area (Å²) in [5.41, 5.74) is 9.45. The van der Waals surface area contributed by atoms with Gasteiger partial charge in [0.15, 0.2) is 0 Å². The van der Waals surface area contributed by atoms with Crippen molar-refractivity contribution < 1.29 is 33.4 Å². The Labute approximate surface area is 403 Å². The zero-order valence-corrected chi connectivity index (χ0v) is 41.4. The summed E-state index contributed by atoms with van der Waals surface area (Å²) in [6.45, 7) is 14.8. The van der Waals surface area contributed by atoms with Gasteiger partial charge in [0.2, 0.25) is 5.91 Å². The van der Waals surface area contributed by atoms with Gasteiger partial charge in [0.05, 0.1) is 60.7 Å². The van der Waals surface area contributed by atoms with Crippen molar-refractivity contribution in [3.63, 3.8) is 0 Å². The number of methoxy groups -OCH3 is 1. The van der Waals surface area contributed by atoms with Crippen LogP contribution in [-0.4, -0.2) is 125 Å². The molecule has 0 radical (unpaired) electrons. The van der Waals surface area contributed by atoms with Gasteiger partial charge in [0, 0.05) is 73.8 Å². The smallest absolute Gasteiger partial charge is 0.321 e. The molecular weight excluding hydrogens is 881 g/mol. The van der Waals surface area contributed by atoms with Gasteiger partial charge in [-0.3, -0.25) is 19.6 Å². The van der Waals surface area contributed by atoms with Crippen molar-refractivity contribution in [3.05, 3.63) is 94.1 Å². The third-order valence-corrected chi connectivity index (χ3v) is 14.6. The molecule has 3 aliphatic heterocycles. The lowest BCUT2D eigenvalue weighted by atomic mass is 9.84. The molecule has 2 N–H and O–H groups in total. The van der Waals surface area contributed by atoms with Crippen molar-refractivity contribution >= 4 is 46.4 Å². The Morgan fingerprint density at radius 2 is 1.87 bits per heavy atom. The van der Waals surface area contributed by atoms with E-state index in [2.05, 4.69) is 60.3 Å². The molecule has 68 heavy (non-hydrogen) atoms. The number of thiazole rings is 1. The van der Waals surface area contributed by atoms with E-state index in [4.69, 9.17) is 24.2 Å². The average molecular weight is 947 g/mol. The van der Waals surface area contributed by atoms with Crippen LogP contribution in [0.2, 0.25) is 0 Å². The molecule has 4 amide bonds. The van der Waals surface area contributed by atoms with Gasteiger partial charge >= 0.3 is 6.03 Å². The van der Waals surface area contributed by atoms with Crippen LogP contribution in [0.1, 0.15) is 88.4 Å². The summed E-state index contributed by atoms with van der Waals surface area (Å²) in [6, 6.07) is 17.6. The highest BCUT2D eigenvalue weighted by Crippen LogP contribution is 2.42. The molecule has 0 aliphatic carbocycles. The van der Waals surface area contributed by atoms with E-state index in [1.165, 1.54) is 21.2 Å². The summed E-state index contributed by atoms with van der Waals surface area (Å²) in [5, 5.41) is 8.27. The first kappa shape index (κ1) is 48.9. The number of nitrogens with one attached hydrogen (secondary N) is 2. The van der Waals surface area contributed by atoms with Crippen LogP contribution in [0.5, 0.6) is 0 Å². The van der Waals surface area contributed by atoms with Crippen LogP contribution in [-0.2, 0) is 48.0 Å². The topological polar surface area (TPSA) is 160 Å². The summed E-state index contributed by atoms with van der Waals surface area (Å²) >= 11 is 1.42. The largest absolute Gasteiger partial charge is 0.378 e. The zero-order valence-electron chi connectivity index (χ0n) is 40.6. The molecule has 1 unspecified atom stereocenters. The average Bonchev–Trinajstić information content (AvgIpc) is 3.94. The van der Waals surface area contributed by atoms with Gasteiger partial charge in [-0.2, -0.15) is 0 Å². The maximum absolute atomic E-state index is 14.9. The van der Waals surface area contributed by atoms with Crippen LogP contribution in [0, 0.1) is 11.3 Å². The van der Waals surface area contributed by atoms with Gasteiger partial charge < -0.3 is 38.7 Å². The van der Waals surface area contributed by atoms with E-state index < -0.39 is 34.9 Å². The van der Waals surface area contributed by atoms with Gasteiger partial charge in [0.25, 0.3) is 5.91 Å². The molecule has 6 bridgehead atoms. The number of nitrogens with zero attached hydrogens (tertiary/aromatic N) is 6. The predicted molar refractivity (Wildman–Crippen MR) is 263 cm³/mol. The van der Waals surface area contributed by atoms with E-state index in [9.17, 15) is 19.2 Å². The Bertz CT molecular complexity index is 2610. The molecule has 0 saturated carbocycles. The van der Waals surface area contributed by atoms with E-state index in [0.717, 1.165) is 56.5 Å². The number of fused-ring (bicyclic) bond motifs is 6. The van der Waals surface area contributed by atoms with E-state index in [0.29, 0.717) is 63.7 Å². The molecule has 0 spiro atoms.